The van der Waals surface area contributed by atoms with Crippen LogP contribution in [0.3, 0.4) is 0 Å². The van der Waals surface area contributed by atoms with Crippen LogP contribution in [-0.2, 0) is 13.0 Å². The average molecular weight is 369 g/mol. The van der Waals surface area contributed by atoms with Crippen molar-refractivity contribution in [3.05, 3.63) is 53.6 Å². The number of hydrogen-bond donors (Lipinski definition) is 2. The largest absolute Gasteiger partial charge is 0.493 e. The van der Waals surface area contributed by atoms with E-state index >= 15 is 0 Å². The van der Waals surface area contributed by atoms with Gasteiger partial charge in [0.15, 0.2) is 11.5 Å². The van der Waals surface area contributed by atoms with Crippen molar-refractivity contribution >= 4 is 11.7 Å². The standard InChI is InChI=1S/C21H27N3O3/c1-15(24-11-10-16-6-4-5-7-17(16)14-24)13-22-21(25)23-18-8-9-19(26-2)20(12-18)27-3/h4-9,12,15H,10-11,13-14H2,1-3H3,(H2,22,23,25). The first kappa shape index (κ1) is 19.0. The van der Waals surface area contributed by atoms with Crippen LogP contribution in [0.15, 0.2) is 42.5 Å². The Bertz CT molecular complexity index is 794. The molecule has 27 heavy (non-hydrogen) atoms. The molecule has 0 saturated heterocycles. The van der Waals surface area contributed by atoms with Gasteiger partial charge in [0, 0.05) is 37.4 Å². The molecule has 1 atom stereocenters. The van der Waals surface area contributed by atoms with E-state index in [1.54, 1.807) is 32.4 Å². The normalized spacial score (nSPS) is 14.8. The van der Waals surface area contributed by atoms with Crippen LogP contribution in [0.2, 0.25) is 0 Å². The molecule has 0 saturated carbocycles. The van der Waals surface area contributed by atoms with Crippen molar-refractivity contribution in [2.24, 2.45) is 0 Å². The van der Waals surface area contributed by atoms with E-state index in [4.69, 9.17) is 9.47 Å². The number of amides is 2. The summed E-state index contributed by atoms with van der Waals surface area (Å²) in [5.41, 5.74) is 3.47. The van der Waals surface area contributed by atoms with Gasteiger partial charge in [0.2, 0.25) is 0 Å². The molecule has 6 heteroatoms. The number of fused-ring (bicyclic) bond motifs is 1. The number of carbonyl (C=O) groups excluding carboxylic acids is 1. The minimum atomic E-state index is -0.230. The highest BCUT2D eigenvalue weighted by Gasteiger charge is 2.20. The number of benzene rings is 2. The van der Waals surface area contributed by atoms with Crippen LogP contribution in [0.25, 0.3) is 0 Å². The fourth-order valence-electron chi connectivity index (χ4n) is 3.35. The molecule has 1 aliphatic heterocycles. The monoisotopic (exact) mass is 369 g/mol. The number of nitrogens with zero attached hydrogens (tertiary/aromatic N) is 1. The van der Waals surface area contributed by atoms with Crippen molar-refractivity contribution in [1.82, 2.24) is 10.2 Å². The van der Waals surface area contributed by atoms with Gasteiger partial charge in [-0.1, -0.05) is 24.3 Å². The van der Waals surface area contributed by atoms with Gasteiger partial charge < -0.3 is 20.1 Å². The number of urea groups is 1. The van der Waals surface area contributed by atoms with Gasteiger partial charge in [-0.15, -0.1) is 0 Å². The highest BCUT2D eigenvalue weighted by atomic mass is 16.5. The number of ether oxygens (including phenoxy) is 2. The van der Waals surface area contributed by atoms with Crippen LogP contribution in [0, 0.1) is 0 Å². The van der Waals surface area contributed by atoms with Crippen molar-refractivity contribution in [2.45, 2.75) is 25.9 Å². The third-order valence-electron chi connectivity index (χ3n) is 4.98. The van der Waals surface area contributed by atoms with E-state index in [1.165, 1.54) is 11.1 Å². The van der Waals surface area contributed by atoms with Gasteiger partial charge in [-0.2, -0.15) is 0 Å². The third kappa shape index (κ3) is 4.71. The van der Waals surface area contributed by atoms with Gasteiger partial charge in [-0.25, -0.2) is 4.79 Å². The molecule has 0 bridgehead atoms. The lowest BCUT2D eigenvalue weighted by atomic mass is 9.99. The van der Waals surface area contributed by atoms with E-state index in [1.807, 2.05) is 0 Å². The Balaban J connectivity index is 1.50. The van der Waals surface area contributed by atoms with Gasteiger partial charge in [0.05, 0.1) is 14.2 Å². The Labute approximate surface area is 160 Å². The zero-order chi connectivity index (χ0) is 19.2. The molecule has 3 rings (SSSR count). The third-order valence-corrected chi connectivity index (χ3v) is 4.98. The lowest BCUT2D eigenvalue weighted by molar-refractivity contribution is 0.186. The molecule has 0 aromatic heterocycles. The highest BCUT2D eigenvalue weighted by molar-refractivity contribution is 5.89. The molecule has 2 aromatic carbocycles. The summed E-state index contributed by atoms with van der Waals surface area (Å²) in [6.45, 7) is 4.67. The Morgan fingerprint density at radius 1 is 1.11 bits per heavy atom. The van der Waals surface area contributed by atoms with Crippen molar-refractivity contribution < 1.29 is 14.3 Å². The maximum atomic E-state index is 12.2. The topological polar surface area (TPSA) is 62.8 Å². The molecule has 1 unspecified atom stereocenters. The van der Waals surface area contributed by atoms with Crippen LogP contribution in [0.5, 0.6) is 11.5 Å². The summed E-state index contributed by atoms with van der Waals surface area (Å²) in [7, 11) is 3.15. The average Bonchev–Trinajstić information content (AvgIpc) is 2.71. The number of rotatable bonds is 6. The second-order valence-electron chi connectivity index (χ2n) is 6.74. The highest BCUT2D eigenvalue weighted by Crippen LogP contribution is 2.29. The van der Waals surface area contributed by atoms with Crippen LogP contribution in [0.4, 0.5) is 10.5 Å². The fraction of sp³-hybridized carbons (Fsp3) is 0.381. The number of carbonyl (C=O) groups is 1. The maximum Gasteiger partial charge on any atom is 0.319 e. The summed E-state index contributed by atoms with van der Waals surface area (Å²) in [6, 6.07) is 13.9. The van der Waals surface area contributed by atoms with Crippen molar-refractivity contribution in [2.75, 3.05) is 32.6 Å². The van der Waals surface area contributed by atoms with Gasteiger partial charge >= 0.3 is 6.03 Å². The summed E-state index contributed by atoms with van der Waals surface area (Å²) in [5, 5.41) is 5.79. The summed E-state index contributed by atoms with van der Waals surface area (Å²) < 4.78 is 10.5. The first-order chi connectivity index (χ1) is 13.1. The van der Waals surface area contributed by atoms with E-state index in [2.05, 4.69) is 46.7 Å². The molecule has 0 radical (unpaired) electrons. The Morgan fingerprint density at radius 2 is 1.85 bits per heavy atom. The lowest BCUT2D eigenvalue weighted by Crippen LogP contribution is -2.45. The summed E-state index contributed by atoms with van der Waals surface area (Å²) in [6.07, 6.45) is 1.05. The minimum absolute atomic E-state index is 0.230. The molecule has 2 aromatic rings. The Morgan fingerprint density at radius 3 is 2.59 bits per heavy atom. The van der Waals surface area contributed by atoms with Crippen LogP contribution >= 0.6 is 0 Å². The quantitative estimate of drug-likeness (QED) is 0.820. The minimum Gasteiger partial charge on any atom is -0.493 e. The Hall–Kier alpha value is -2.73. The van der Waals surface area contributed by atoms with E-state index < -0.39 is 0 Å². The first-order valence-electron chi connectivity index (χ1n) is 9.18. The van der Waals surface area contributed by atoms with E-state index in [0.29, 0.717) is 23.7 Å². The van der Waals surface area contributed by atoms with Gasteiger partial charge in [-0.3, -0.25) is 4.90 Å². The zero-order valence-corrected chi connectivity index (χ0v) is 16.1. The SMILES string of the molecule is COc1ccc(NC(=O)NCC(C)N2CCc3ccccc3C2)cc1OC. The van der Waals surface area contributed by atoms with Gasteiger partial charge in [0.25, 0.3) is 0 Å². The smallest absolute Gasteiger partial charge is 0.319 e. The summed E-state index contributed by atoms with van der Waals surface area (Å²) in [5.74, 6) is 1.21. The molecular weight excluding hydrogens is 342 g/mol. The maximum absolute atomic E-state index is 12.2. The number of nitrogens with one attached hydrogen (secondary N) is 2. The molecular formula is C21H27N3O3. The predicted octanol–water partition coefficient (Wildman–Crippen LogP) is 3.27. The molecule has 6 nitrogen and oxygen atoms in total. The lowest BCUT2D eigenvalue weighted by Gasteiger charge is -2.33. The predicted molar refractivity (Wildman–Crippen MR) is 107 cm³/mol. The molecule has 1 aliphatic rings. The number of methoxy groups -OCH3 is 2. The molecule has 1 heterocycles. The van der Waals surface area contributed by atoms with Crippen molar-refractivity contribution in [3.63, 3.8) is 0 Å². The second kappa shape index (κ2) is 8.77. The molecule has 0 aliphatic carbocycles. The fourth-order valence-corrected chi connectivity index (χ4v) is 3.35. The summed E-state index contributed by atoms with van der Waals surface area (Å²) in [4.78, 5) is 14.6. The zero-order valence-electron chi connectivity index (χ0n) is 16.1. The first-order valence-corrected chi connectivity index (χ1v) is 9.18. The van der Waals surface area contributed by atoms with Crippen molar-refractivity contribution in [3.8, 4) is 11.5 Å². The molecule has 2 amide bonds. The molecule has 144 valence electrons. The van der Waals surface area contributed by atoms with Gasteiger partial charge in [0.1, 0.15) is 0 Å². The summed E-state index contributed by atoms with van der Waals surface area (Å²) >= 11 is 0. The second-order valence-corrected chi connectivity index (χ2v) is 6.74. The molecule has 0 fully saturated rings. The van der Waals surface area contributed by atoms with Crippen LogP contribution in [0.1, 0.15) is 18.1 Å². The van der Waals surface area contributed by atoms with E-state index in [9.17, 15) is 4.79 Å². The number of anilines is 1. The van der Waals surface area contributed by atoms with Gasteiger partial charge in [-0.05, 0) is 36.6 Å². The van der Waals surface area contributed by atoms with Crippen LogP contribution in [-0.4, -0.2) is 44.3 Å². The van der Waals surface area contributed by atoms with Crippen LogP contribution < -0.4 is 20.1 Å². The van der Waals surface area contributed by atoms with E-state index in [0.717, 1.165) is 19.5 Å². The van der Waals surface area contributed by atoms with Crippen molar-refractivity contribution in [1.29, 1.82) is 0 Å². The van der Waals surface area contributed by atoms with E-state index in [-0.39, 0.29) is 12.1 Å². The Kier molecular flexibility index (Phi) is 6.19. The molecule has 2 N–H and O–H groups in total. The molecule has 0 spiro atoms. The number of hydrogen-bond acceptors (Lipinski definition) is 4.